The van der Waals surface area contributed by atoms with Crippen LogP contribution in [0.1, 0.15) is 61.2 Å². The number of benzene rings is 2. The van der Waals surface area contributed by atoms with Crippen molar-refractivity contribution in [2.45, 2.75) is 39.7 Å². The summed E-state index contributed by atoms with van der Waals surface area (Å²) in [6.07, 6.45) is 1.96. The van der Waals surface area contributed by atoms with Crippen molar-refractivity contribution in [1.82, 2.24) is 4.98 Å². The highest BCUT2D eigenvalue weighted by Gasteiger charge is 2.21. The molecular weight excluding hydrogens is 505 g/mol. The van der Waals surface area contributed by atoms with Gasteiger partial charge >= 0.3 is 5.97 Å². The molecule has 196 valence electrons. The van der Waals surface area contributed by atoms with Crippen molar-refractivity contribution in [3.8, 4) is 11.3 Å². The fourth-order valence-corrected chi connectivity index (χ4v) is 4.34. The third-order valence-electron chi connectivity index (χ3n) is 5.71. The van der Waals surface area contributed by atoms with E-state index in [-0.39, 0.29) is 21.8 Å². The number of nitrogens with one attached hydrogen (secondary N) is 1. The van der Waals surface area contributed by atoms with Gasteiger partial charge in [-0.05, 0) is 50.0 Å². The minimum Gasteiger partial charge on any atom is -0.478 e. The van der Waals surface area contributed by atoms with Crippen molar-refractivity contribution >= 4 is 34.4 Å². The second-order valence-corrected chi connectivity index (χ2v) is 9.74. The van der Waals surface area contributed by atoms with Gasteiger partial charge in [0.25, 0.3) is 5.91 Å². The van der Waals surface area contributed by atoms with E-state index in [1.807, 2.05) is 0 Å². The van der Waals surface area contributed by atoms with E-state index in [9.17, 15) is 18.4 Å². The van der Waals surface area contributed by atoms with E-state index in [0.29, 0.717) is 23.6 Å². The number of amides is 1. The molecule has 1 heterocycles. The molecule has 37 heavy (non-hydrogen) atoms. The molecule has 1 atom stereocenters. The molecule has 10 heteroatoms. The largest absolute Gasteiger partial charge is 0.478 e. The van der Waals surface area contributed by atoms with E-state index in [1.165, 1.54) is 14.0 Å². The molecule has 0 aliphatic rings. The number of thiazole rings is 1. The molecule has 0 aliphatic carbocycles. The second-order valence-electron chi connectivity index (χ2n) is 8.88. The summed E-state index contributed by atoms with van der Waals surface area (Å²) in [7, 11) is 1.54. The number of nitrogens with zero attached hydrogens (tertiary/aromatic N) is 1. The Labute approximate surface area is 216 Å². The van der Waals surface area contributed by atoms with Crippen LogP contribution in [0.2, 0.25) is 0 Å². The Hall–Kier alpha value is -3.50. The third kappa shape index (κ3) is 6.84. The van der Waals surface area contributed by atoms with Gasteiger partial charge in [-0.15, -0.1) is 11.3 Å². The normalized spacial score (nSPS) is 12.6. The molecule has 2 aromatic carbocycles. The number of rotatable bonds is 10. The number of aliphatic carboxylic acids is 1. The number of carboxylic acid groups (broad SMARTS) is 1. The molecule has 1 amide bonds. The number of ether oxygens (including phenoxy) is 1. The summed E-state index contributed by atoms with van der Waals surface area (Å²) in [6, 6.07) is 6.56. The number of hydrogen-bond donors (Lipinski definition) is 2. The highest BCUT2D eigenvalue weighted by Crippen LogP contribution is 2.33. The van der Waals surface area contributed by atoms with Gasteiger partial charge in [0, 0.05) is 40.3 Å². The van der Waals surface area contributed by atoms with Gasteiger partial charge in [-0.2, -0.15) is 0 Å². The van der Waals surface area contributed by atoms with Crippen LogP contribution in [0.3, 0.4) is 0 Å². The third-order valence-corrected chi connectivity index (χ3v) is 6.46. The summed E-state index contributed by atoms with van der Waals surface area (Å²) < 4.78 is 49.7. The maximum absolute atomic E-state index is 15.4. The Bertz CT molecular complexity index is 1310. The van der Waals surface area contributed by atoms with Crippen molar-refractivity contribution in [2.75, 3.05) is 12.4 Å². The lowest BCUT2D eigenvalue weighted by Crippen LogP contribution is -2.13. The van der Waals surface area contributed by atoms with Gasteiger partial charge in [0.1, 0.15) is 17.5 Å². The number of carboxylic acids is 1. The fraction of sp³-hybridized carbons (Fsp3) is 0.296. The maximum atomic E-state index is 15.4. The zero-order chi connectivity index (χ0) is 27.3. The molecule has 3 rings (SSSR count). The van der Waals surface area contributed by atoms with Gasteiger partial charge in [0.05, 0.1) is 11.8 Å². The minimum absolute atomic E-state index is 0.111. The number of anilines is 1. The van der Waals surface area contributed by atoms with E-state index in [4.69, 9.17) is 9.84 Å². The Morgan fingerprint density at radius 3 is 2.43 bits per heavy atom. The van der Waals surface area contributed by atoms with Crippen LogP contribution < -0.4 is 5.32 Å². The number of methoxy groups -OCH3 is 1. The minimum atomic E-state index is -1.32. The van der Waals surface area contributed by atoms with Crippen LogP contribution in [-0.4, -0.2) is 29.1 Å². The Kier molecular flexibility index (Phi) is 9.23. The molecule has 3 aromatic rings. The molecule has 1 aromatic heterocycles. The summed E-state index contributed by atoms with van der Waals surface area (Å²) in [6.45, 7) is 5.36. The number of hydrogen-bond acceptors (Lipinski definition) is 5. The molecule has 1 unspecified atom stereocenters. The molecule has 0 fully saturated rings. The number of aromatic nitrogens is 1. The van der Waals surface area contributed by atoms with Gasteiger partial charge in [0.15, 0.2) is 5.13 Å². The molecule has 0 saturated heterocycles. The van der Waals surface area contributed by atoms with E-state index in [2.05, 4.69) is 24.1 Å². The Morgan fingerprint density at radius 1 is 1.16 bits per heavy atom. The van der Waals surface area contributed by atoms with Crippen molar-refractivity contribution in [3.63, 3.8) is 0 Å². The summed E-state index contributed by atoms with van der Waals surface area (Å²) in [4.78, 5) is 27.8. The first-order valence-corrected chi connectivity index (χ1v) is 12.4. The fourth-order valence-electron chi connectivity index (χ4n) is 3.64. The van der Waals surface area contributed by atoms with Gasteiger partial charge < -0.3 is 9.84 Å². The number of carbonyl (C=O) groups excluding carboxylic acids is 1. The lowest BCUT2D eigenvalue weighted by molar-refractivity contribution is -0.132. The monoisotopic (exact) mass is 532 g/mol. The van der Waals surface area contributed by atoms with Crippen LogP contribution >= 0.6 is 11.3 Å². The van der Waals surface area contributed by atoms with Crippen LogP contribution in [0.4, 0.5) is 18.3 Å². The molecule has 0 spiro atoms. The molecule has 0 aliphatic heterocycles. The lowest BCUT2D eigenvalue weighted by Gasteiger charge is -2.18. The van der Waals surface area contributed by atoms with Crippen molar-refractivity contribution in [2.24, 2.45) is 5.92 Å². The van der Waals surface area contributed by atoms with Gasteiger partial charge in [-0.3, -0.25) is 10.1 Å². The maximum Gasteiger partial charge on any atom is 0.331 e. The van der Waals surface area contributed by atoms with E-state index in [1.54, 1.807) is 23.6 Å². The molecule has 0 saturated carbocycles. The standard InChI is InChI=1S/C27H27F3N2O4S/c1-14(2)8-9-23(36-4)18-7-5-6-17(24(18)30)22-13-37-27(31-22)32-25(33)16-11-20(28)19(21(29)12-16)10-15(3)26(34)35/h5-7,10-14,23H,8-9H2,1-4H3,(H,34,35)(H,31,32,33)/b15-10+. The van der Waals surface area contributed by atoms with E-state index >= 15 is 4.39 Å². The van der Waals surface area contributed by atoms with Crippen LogP contribution in [0.15, 0.2) is 41.3 Å². The first-order valence-electron chi connectivity index (χ1n) is 11.5. The van der Waals surface area contributed by atoms with Crippen LogP contribution in [0.5, 0.6) is 0 Å². The van der Waals surface area contributed by atoms with Crippen LogP contribution in [0.25, 0.3) is 17.3 Å². The predicted octanol–water partition coefficient (Wildman–Crippen LogP) is 7.09. The second kappa shape index (κ2) is 12.2. The average molecular weight is 533 g/mol. The smallest absolute Gasteiger partial charge is 0.331 e. The van der Waals surface area contributed by atoms with Crippen molar-refractivity contribution in [3.05, 3.63) is 75.4 Å². The molecule has 0 radical (unpaired) electrons. The van der Waals surface area contributed by atoms with Gasteiger partial charge in [-0.1, -0.05) is 26.0 Å². The van der Waals surface area contributed by atoms with Gasteiger partial charge in [0.2, 0.25) is 0 Å². The average Bonchev–Trinajstić information content (AvgIpc) is 3.30. The van der Waals surface area contributed by atoms with Crippen LogP contribution in [-0.2, 0) is 9.53 Å². The summed E-state index contributed by atoms with van der Waals surface area (Å²) in [5, 5.41) is 13.1. The summed E-state index contributed by atoms with van der Waals surface area (Å²) >= 11 is 1.03. The summed E-state index contributed by atoms with van der Waals surface area (Å²) in [5.74, 6) is -4.35. The first kappa shape index (κ1) is 28.1. The SMILES string of the molecule is COC(CCC(C)C)c1cccc(-c2csc(NC(=O)c3cc(F)c(/C=C(\C)C(=O)O)c(F)c3)n2)c1F. The zero-order valence-electron chi connectivity index (χ0n) is 20.8. The van der Waals surface area contributed by atoms with Gasteiger partial charge in [-0.25, -0.2) is 22.9 Å². The topological polar surface area (TPSA) is 88.5 Å². The molecule has 0 bridgehead atoms. The first-order chi connectivity index (χ1) is 17.5. The molecule has 6 nitrogen and oxygen atoms in total. The molecule has 2 N–H and O–H groups in total. The predicted molar refractivity (Wildman–Crippen MR) is 137 cm³/mol. The number of carbonyl (C=O) groups is 2. The quantitative estimate of drug-likeness (QED) is 0.272. The number of halogens is 3. The summed E-state index contributed by atoms with van der Waals surface area (Å²) in [5.41, 5.74) is -0.205. The Balaban J connectivity index is 1.81. The zero-order valence-corrected chi connectivity index (χ0v) is 21.6. The Morgan fingerprint density at radius 2 is 1.84 bits per heavy atom. The highest BCUT2D eigenvalue weighted by molar-refractivity contribution is 7.14. The lowest BCUT2D eigenvalue weighted by atomic mass is 9.97. The van der Waals surface area contributed by atoms with E-state index in [0.717, 1.165) is 36.0 Å². The molecular formula is C27H27F3N2O4S. The van der Waals surface area contributed by atoms with Crippen molar-refractivity contribution < 1.29 is 32.6 Å². The highest BCUT2D eigenvalue weighted by atomic mass is 32.1. The van der Waals surface area contributed by atoms with E-state index < -0.39 is 41.0 Å². The van der Waals surface area contributed by atoms with Crippen LogP contribution in [0, 0.1) is 23.4 Å². The van der Waals surface area contributed by atoms with Crippen molar-refractivity contribution in [1.29, 1.82) is 0 Å².